The van der Waals surface area contributed by atoms with Gasteiger partial charge in [0.2, 0.25) is 5.91 Å². The van der Waals surface area contributed by atoms with Crippen molar-refractivity contribution in [2.45, 2.75) is 18.2 Å². The third-order valence-electron chi connectivity index (χ3n) is 4.63. The van der Waals surface area contributed by atoms with Crippen LogP contribution < -0.4 is 10.9 Å². The fourth-order valence-corrected chi connectivity index (χ4v) is 3.88. The van der Waals surface area contributed by atoms with E-state index in [1.807, 2.05) is 18.2 Å². The minimum atomic E-state index is -0.320. The normalized spacial score (nSPS) is 10.9. The van der Waals surface area contributed by atoms with Crippen LogP contribution in [0.4, 0.5) is 4.39 Å². The summed E-state index contributed by atoms with van der Waals surface area (Å²) in [6, 6.07) is 16.8. The highest BCUT2D eigenvalue weighted by molar-refractivity contribution is 7.99. The molecule has 4 rings (SSSR count). The maximum atomic E-state index is 13.1. The smallest absolute Gasteiger partial charge is 0.262 e. The van der Waals surface area contributed by atoms with E-state index >= 15 is 0 Å². The first kappa shape index (κ1) is 20.7. The van der Waals surface area contributed by atoms with Gasteiger partial charge in [0.1, 0.15) is 5.82 Å². The molecule has 156 valence electrons. The van der Waals surface area contributed by atoms with Gasteiger partial charge in [-0.1, -0.05) is 42.1 Å². The third-order valence-corrected chi connectivity index (χ3v) is 5.60. The molecule has 0 atom stereocenters. The lowest BCUT2D eigenvalue weighted by Gasteiger charge is -2.13. The van der Waals surface area contributed by atoms with Gasteiger partial charge in [0.05, 0.1) is 23.2 Å². The van der Waals surface area contributed by atoms with E-state index in [1.165, 1.54) is 23.9 Å². The number of nitrogens with zero attached hydrogens (tertiary/aromatic N) is 3. The number of benzene rings is 2. The summed E-state index contributed by atoms with van der Waals surface area (Å²) in [5.74, 6) is -0.428. The number of amides is 1. The average molecular weight is 434 g/mol. The highest BCUT2D eigenvalue weighted by atomic mass is 32.2. The number of thioether (sulfide) groups is 1. The van der Waals surface area contributed by atoms with Gasteiger partial charge in [0, 0.05) is 18.9 Å². The summed E-state index contributed by atoms with van der Waals surface area (Å²) in [7, 11) is 0. The van der Waals surface area contributed by atoms with Crippen molar-refractivity contribution in [1.29, 1.82) is 0 Å². The van der Waals surface area contributed by atoms with Gasteiger partial charge in [-0.05, 0) is 41.5 Å². The molecule has 31 heavy (non-hydrogen) atoms. The van der Waals surface area contributed by atoms with Crippen molar-refractivity contribution in [1.82, 2.24) is 19.9 Å². The summed E-state index contributed by atoms with van der Waals surface area (Å²) < 4.78 is 14.6. The van der Waals surface area contributed by atoms with Crippen LogP contribution in [0.15, 0.2) is 83.0 Å². The van der Waals surface area contributed by atoms with Crippen LogP contribution in [0, 0.1) is 5.82 Å². The summed E-state index contributed by atoms with van der Waals surface area (Å²) in [6.07, 6.45) is 3.37. The number of fused-ring (bicyclic) bond motifs is 1. The van der Waals surface area contributed by atoms with Gasteiger partial charge in [0.15, 0.2) is 5.16 Å². The number of halogens is 1. The number of rotatable bonds is 7. The molecule has 0 radical (unpaired) electrons. The Morgan fingerprint density at radius 2 is 1.84 bits per heavy atom. The van der Waals surface area contributed by atoms with Crippen LogP contribution in [-0.2, 0) is 17.9 Å². The Hall–Kier alpha value is -3.52. The molecule has 0 saturated carbocycles. The highest BCUT2D eigenvalue weighted by Gasteiger charge is 2.14. The second kappa shape index (κ2) is 9.53. The van der Waals surface area contributed by atoms with Crippen LogP contribution >= 0.6 is 11.8 Å². The fraction of sp³-hybridized carbons (Fsp3) is 0.130. The lowest BCUT2D eigenvalue weighted by atomic mass is 10.2. The molecule has 6 nitrogen and oxygen atoms in total. The molecule has 1 N–H and O–H groups in total. The van der Waals surface area contributed by atoms with Crippen LogP contribution in [0.5, 0.6) is 0 Å². The number of hydrogen-bond donors (Lipinski definition) is 1. The predicted octanol–water partition coefficient (Wildman–Crippen LogP) is 3.39. The molecule has 0 aliphatic rings. The van der Waals surface area contributed by atoms with E-state index in [1.54, 1.807) is 47.3 Å². The van der Waals surface area contributed by atoms with E-state index in [0.29, 0.717) is 29.1 Å². The van der Waals surface area contributed by atoms with E-state index < -0.39 is 0 Å². The van der Waals surface area contributed by atoms with Crippen molar-refractivity contribution >= 4 is 28.6 Å². The minimum Gasteiger partial charge on any atom is -0.351 e. The largest absolute Gasteiger partial charge is 0.351 e. The molecule has 1 amide bonds. The van der Waals surface area contributed by atoms with Crippen LogP contribution in [0.3, 0.4) is 0 Å². The summed E-state index contributed by atoms with van der Waals surface area (Å²) in [6.45, 7) is 0.608. The minimum absolute atomic E-state index is 0.0962. The van der Waals surface area contributed by atoms with E-state index in [4.69, 9.17) is 0 Å². The molecule has 0 fully saturated rings. The standard InChI is InChI=1S/C23H19FN4O2S/c24-18-9-7-16(8-10-18)13-26-21(29)15-31-23-27-20-6-2-1-5-19(20)22(30)28(23)14-17-4-3-11-25-12-17/h1-12H,13-15H2,(H,26,29). The predicted molar refractivity (Wildman–Crippen MR) is 118 cm³/mol. The Bertz CT molecular complexity index is 1260. The first-order valence-electron chi connectivity index (χ1n) is 9.62. The highest BCUT2D eigenvalue weighted by Crippen LogP contribution is 2.19. The monoisotopic (exact) mass is 434 g/mol. The maximum Gasteiger partial charge on any atom is 0.262 e. The van der Waals surface area contributed by atoms with E-state index in [0.717, 1.165) is 11.1 Å². The fourth-order valence-electron chi connectivity index (χ4n) is 3.06. The number of pyridine rings is 1. The molecule has 0 aliphatic carbocycles. The van der Waals surface area contributed by atoms with Crippen LogP contribution in [-0.4, -0.2) is 26.2 Å². The molecule has 2 aromatic carbocycles. The zero-order chi connectivity index (χ0) is 21.6. The number of hydrogen-bond acceptors (Lipinski definition) is 5. The number of carbonyl (C=O) groups excluding carboxylic acids is 1. The maximum absolute atomic E-state index is 13.1. The van der Waals surface area contributed by atoms with Gasteiger partial charge in [-0.25, -0.2) is 9.37 Å². The summed E-state index contributed by atoms with van der Waals surface area (Å²) in [4.78, 5) is 34.2. The SMILES string of the molecule is O=C(CSc1nc2ccccc2c(=O)n1Cc1cccnc1)NCc1ccc(F)cc1. The Morgan fingerprint density at radius 1 is 1.03 bits per heavy atom. The van der Waals surface area contributed by atoms with Gasteiger partial charge >= 0.3 is 0 Å². The topological polar surface area (TPSA) is 76.9 Å². The van der Waals surface area contributed by atoms with Crippen LogP contribution in [0.2, 0.25) is 0 Å². The van der Waals surface area contributed by atoms with Crippen LogP contribution in [0.1, 0.15) is 11.1 Å². The Kier molecular flexibility index (Phi) is 6.37. The van der Waals surface area contributed by atoms with Gasteiger partial charge in [-0.3, -0.25) is 19.1 Å². The first-order valence-corrected chi connectivity index (χ1v) is 10.6. The second-order valence-corrected chi connectivity index (χ2v) is 7.80. The lowest BCUT2D eigenvalue weighted by Crippen LogP contribution is -2.27. The molecule has 4 aromatic rings. The number of aromatic nitrogens is 3. The molecule has 0 saturated heterocycles. The second-order valence-electron chi connectivity index (χ2n) is 6.86. The summed E-state index contributed by atoms with van der Waals surface area (Å²) in [5, 5.41) is 3.79. The summed E-state index contributed by atoms with van der Waals surface area (Å²) >= 11 is 1.20. The molecule has 2 aromatic heterocycles. The number of para-hydroxylation sites is 1. The van der Waals surface area contributed by atoms with Gasteiger partial charge in [0.25, 0.3) is 5.56 Å². The molecular weight excluding hydrogens is 415 g/mol. The van der Waals surface area contributed by atoms with E-state index in [2.05, 4.69) is 15.3 Å². The number of nitrogens with one attached hydrogen (secondary N) is 1. The van der Waals surface area contributed by atoms with Gasteiger partial charge in [-0.15, -0.1) is 0 Å². The molecule has 0 spiro atoms. The van der Waals surface area contributed by atoms with Gasteiger partial charge in [-0.2, -0.15) is 0 Å². The quantitative estimate of drug-likeness (QED) is 0.356. The van der Waals surface area contributed by atoms with Crippen molar-refractivity contribution in [3.63, 3.8) is 0 Å². The molecule has 2 heterocycles. The van der Waals surface area contributed by atoms with Crippen molar-refractivity contribution < 1.29 is 9.18 Å². The lowest BCUT2D eigenvalue weighted by molar-refractivity contribution is -0.118. The molecule has 0 bridgehead atoms. The van der Waals surface area contributed by atoms with Crippen molar-refractivity contribution in [2.24, 2.45) is 0 Å². The molecular formula is C23H19FN4O2S. The Morgan fingerprint density at radius 3 is 2.61 bits per heavy atom. The Labute approximate surface area is 182 Å². The van der Waals surface area contributed by atoms with Crippen molar-refractivity contribution in [3.8, 4) is 0 Å². The Balaban J connectivity index is 1.52. The van der Waals surface area contributed by atoms with Crippen LogP contribution in [0.25, 0.3) is 10.9 Å². The average Bonchev–Trinajstić information content (AvgIpc) is 2.80. The zero-order valence-corrected chi connectivity index (χ0v) is 17.3. The zero-order valence-electron chi connectivity index (χ0n) is 16.5. The van der Waals surface area contributed by atoms with E-state index in [-0.39, 0.29) is 23.0 Å². The molecule has 0 aliphatic heterocycles. The molecule has 0 unspecified atom stereocenters. The third kappa shape index (κ3) is 5.16. The van der Waals surface area contributed by atoms with E-state index in [9.17, 15) is 14.0 Å². The number of carbonyl (C=O) groups is 1. The van der Waals surface area contributed by atoms with Crippen molar-refractivity contribution in [3.05, 3.63) is 100 Å². The van der Waals surface area contributed by atoms with Gasteiger partial charge < -0.3 is 5.32 Å². The summed E-state index contributed by atoms with van der Waals surface area (Å²) in [5.41, 5.74) is 2.09. The van der Waals surface area contributed by atoms with Crippen molar-refractivity contribution in [2.75, 3.05) is 5.75 Å². The molecule has 8 heteroatoms. The first-order chi connectivity index (χ1) is 15.1.